The molecule has 0 N–H and O–H groups in total. The minimum atomic E-state index is -0.845. The maximum absolute atomic E-state index is 6.12. The van der Waals surface area contributed by atoms with Crippen LogP contribution in [0.15, 0.2) is 18.2 Å². The molecule has 0 aromatic heterocycles. The first-order chi connectivity index (χ1) is 7.31. The Labute approximate surface area is 107 Å². The van der Waals surface area contributed by atoms with E-state index >= 15 is 0 Å². The second-order valence-corrected chi connectivity index (χ2v) is 6.79. The summed E-state index contributed by atoms with van der Waals surface area (Å²) in [4.78, 5) is 0. The van der Waals surface area contributed by atoms with Crippen molar-refractivity contribution in [1.82, 2.24) is 0 Å². The molecule has 0 aliphatic carbocycles. The molecule has 0 bridgehead atoms. The monoisotopic (exact) mass is 258 g/mol. The van der Waals surface area contributed by atoms with E-state index < -0.39 is 4.33 Å². The zero-order chi connectivity index (χ0) is 12.0. The molecule has 3 heteroatoms. The van der Waals surface area contributed by atoms with Crippen LogP contribution < -0.4 is 4.74 Å². The number of halogens is 2. The lowest BCUT2D eigenvalue weighted by Gasteiger charge is -2.33. The van der Waals surface area contributed by atoms with E-state index in [1.54, 1.807) is 6.92 Å². The fourth-order valence-corrected chi connectivity index (χ4v) is 2.24. The van der Waals surface area contributed by atoms with Crippen LogP contribution in [0, 0.1) is 0 Å². The quantitative estimate of drug-likeness (QED) is 0.679. The van der Waals surface area contributed by atoms with Crippen LogP contribution in [0.2, 0.25) is 0 Å². The minimum absolute atomic E-state index is 0.128. The molecule has 0 unspecified atom stereocenters. The van der Waals surface area contributed by atoms with Crippen molar-refractivity contribution >= 4 is 23.2 Å². The number of rotatable bonds is 1. The first-order valence-electron chi connectivity index (χ1n) is 5.46. The molecule has 0 atom stereocenters. The molecule has 0 amide bonds. The highest BCUT2D eigenvalue weighted by molar-refractivity contribution is 6.47. The van der Waals surface area contributed by atoms with Gasteiger partial charge in [-0.25, -0.2) is 0 Å². The maximum atomic E-state index is 6.12. The van der Waals surface area contributed by atoms with E-state index in [0.717, 1.165) is 24.3 Å². The van der Waals surface area contributed by atoms with Gasteiger partial charge in [-0.1, -0.05) is 43.1 Å². The average molecular weight is 259 g/mol. The number of hydrogen-bond donors (Lipinski definition) is 0. The molecule has 1 aliphatic heterocycles. The van der Waals surface area contributed by atoms with Gasteiger partial charge in [0.2, 0.25) is 0 Å². The van der Waals surface area contributed by atoms with Crippen LogP contribution >= 0.6 is 23.2 Å². The van der Waals surface area contributed by atoms with Crippen LogP contribution in [0.25, 0.3) is 0 Å². The molecule has 0 fully saturated rings. The number of ether oxygens (including phenoxy) is 1. The summed E-state index contributed by atoms with van der Waals surface area (Å²) in [6, 6.07) is 5.96. The SMILES string of the molecule is CC(Cl)(Cl)c1ccc2c(c1)C(C)(C)CCO2. The molecule has 1 aliphatic rings. The fourth-order valence-electron chi connectivity index (χ4n) is 2.01. The van der Waals surface area contributed by atoms with Crippen molar-refractivity contribution in [1.29, 1.82) is 0 Å². The van der Waals surface area contributed by atoms with Gasteiger partial charge >= 0.3 is 0 Å². The van der Waals surface area contributed by atoms with E-state index in [9.17, 15) is 0 Å². The number of fused-ring (bicyclic) bond motifs is 1. The summed E-state index contributed by atoms with van der Waals surface area (Å²) in [6.07, 6.45) is 1.02. The van der Waals surface area contributed by atoms with Gasteiger partial charge in [-0.15, -0.1) is 0 Å². The molecule has 88 valence electrons. The van der Waals surface area contributed by atoms with E-state index in [1.807, 2.05) is 12.1 Å². The van der Waals surface area contributed by atoms with Gasteiger partial charge in [-0.3, -0.25) is 0 Å². The van der Waals surface area contributed by atoms with E-state index in [4.69, 9.17) is 27.9 Å². The van der Waals surface area contributed by atoms with Gasteiger partial charge in [-0.05, 0) is 36.5 Å². The molecule has 0 saturated carbocycles. The summed E-state index contributed by atoms with van der Waals surface area (Å²) in [5.74, 6) is 0.956. The Balaban J connectivity index is 2.52. The van der Waals surface area contributed by atoms with Gasteiger partial charge in [0.25, 0.3) is 0 Å². The van der Waals surface area contributed by atoms with Gasteiger partial charge in [-0.2, -0.15) is 0 Å². The number of benzene rings is 1. The number of hydrogen-bond acceptors (Lipinski definition) is 1. The first-order valence-corrected chi connectivity index (χ1v) is 6.22. The van der Waals surface area contributed by atoms with Crippen molar-refractivity contribution in [2.75, 3.05) is 6.61 Å². The minimum Gasteiger partial charge on any atom is -0.493 e. The Morgan fingerprint density at radius 3 is 2.62 bits per heavy atom. The van der Waals surface area contributed by atoms with E-state index in [-0.39, 0.29) is 5.41 Å². The second kappa shape index (κ2) is 3.82. The van der Waals surface area contributed by atoms with Crippen molar-refractivity contribution in [3.8, 4) is 5.75 Å². The Bertz CT molecular complexity index is 405. The normalized spacial score (nSPS) is 18.8. The lowest BCUT2D eigenvalue weighted by molar-refractivity contribution is 0.234. The molecule has 16 heavy (non-hydrogen) atoms. The zero-order valence-corrected chi connectivity index (χ0v) is 11.3. The predicted octanol–water partition coefficient (Wildman–Crippen LogP) is 4.40. The second-order valence-electron chi connectivity index (χ2n) is 5.08. The third-order valence-electron chi connectivity index (χ3n) is 3.20. The molecule has 1 aromatic carbocycles. The first kappa shape index (κ1) is 12.1. The summed E-state index contributed by atoms with van der Waals surface area (Å²) in [7, 11) is 0. The molecule has 1 aromatic rings. The van der Waals surface area contributed by atoms with Crippen molar-refractivity contribution in [2.24, 2.45) is 0 Å². The molecule has 0 radical (unpaired) electrons. The van der Waals surface area contributed by atoms with E-state index in [2.05, 4.69) is 19.9 Å². The Morgan fingerprint density at radius 2 is 2.00 bits per heavy atom. The molecule has 1 nitrogen and oxygen atoms in total. The smallest absolute Gasteiger partial charge is 0.140 e. The van der Waals surface area contributed by atoms with Crippen LogP contribution in [-0.4, -0.2) is 6.61 Å². The fraction of sp³-hybridized carbons (Fsp3) is 0.538. The predicted molar refractivity (Wildman–Crippen MR) is 68.6 cm³/mol. The van der Waals surface area contributed by atoms with Crippen LogP contribution in [0.1, 0.15) is 38.3 Å². The Kier molecular flexibility index (Phi) is 2.88. The maximum Gasteiger partial charge on any atom is 0.140 e. The highest BCUT2D eigenvalue weighted by Crippen LogP contribution is 2.42. The molecule has 0 saturated heterocycles. The molecule has 2 rings (SSSR count). The number of alkyl halides is 2. The highest BCUT2D eigenvalue weighted by Gasteiger charge is 2.31. The van der Waals surface area contributed by atoms with Crippen molar-refractivity contribution in [3.63, 3.8) is 0 Å². The zero-order valence-electron chi connectivity index (χ0n) is 9.81. The van der Waals surface area contributed by atoms with Crippen molar-refractivity contribution in [2.45, 2.75) is 36.9 Å². The van der Waals surface area contributed by atoms with Crippen molar-refractivity contribution in [3.05, 3.63) is 29.3 Å². The molecular weight excluding hydrogens is 243 g/mol. The van der Waals surface area contributed by atoms with E-state index in [1.165, 1.54) is 5.56 Å². The summed E-state index contributed by atoms with van der Waals surface area (Å²) in [5.41, 5.74) is 2.25. The summed E-state index contributed by atoms with van der Waals surface area (Å²) >= 11 is 12.2. The third-order valence-corrected chi connectivity index (χ3v) is 3.64. The topological polar surface area (TPSA) is 9.23 Å². The summed E-state index contributed by atoms with van der Waals surface area (Å²) in [5, 5.41) is 0. The average Bonchev–Trinajstić information content (AvgIpc) is 2.15. The lowest BCUT2D eigenvalue weighted by atomic mass is 9.79. The summed E-state index contributed by atoms with van der Waals surface area (Å²) < 4.78 is 4.80. The lowest BCUT2D eigenvalue weighted by Crippen LogP contribution is -2.27. The van der Waals surface area contributed by atoms with Gasteiger partial charge in [0.15, 0.2) is 0 Å². The van der Waals surface area contributed by atoms with E-state index in [0.29, 0.717) is 0 Å². The molecule has 0 spiro atoms. The molecular formula is C13H16Cl2O. The standard InChI is InChI=1S/C13H16Cl2O/c1-12(2)6-7-16-11-5-4-9(8-10(11)12)13(3,14)15/h4-5,8H,6-7H2,1-3H3. The van der Waals surface area contributed by atoms with Gasteiger partial charge in [0.05, 0.1) is 6.61 Å². The van der Waals surface area contributed by atoms with Crippen molar-refractivity contribution < 1.29 is 4.74 Å². The van der Waals surface area contributed by atoms with Gasteiger partial charge in [0.1, 0.15) is 10.1 Å². The van der Waals surface area contributed by atoms with Crippen LogP contribution in [0.4, 0.5) is 0 Å². The van der Waals surface area contributed by atoms with Gasteiger partial charge < -0.3 is 4.74 Å². The van der Waals surface area contributed by atoms with Crippen LogP contribution in [0.3, 0.4) is 0 Å². The van der Waals surface area contributed by atoms with Crippen LogP contribution in [-0.2, 0) is 9.75 Å². The largest absolute Gasteiger partial charge is 0.493 e. The van der Waals surface area contributed by atoms with Gasteiger partial charge in [0, 0.05) is 5.56 Å². The highest BCUT2D eigenvalue weighted by atomic mass is 35.5. The Hall–Kier alpha value is -0.400. The molecule has 1 heterocycles. The van der Waals surface area contributed by atoms with Crippen LogP contribution in [0.5, 0.6) is 5.75 Å². The summed E-state index contributed by atoms with van der Waals surface area (Å²) in [6.45, 7) is 7.00. The third kappa shape index (κ3) is 2.16. The Morgan fingerprint density at radius 1 is 1.31 bits per heavy atom.